The van der Waals surface area contributed by atoms with E-state index in [1.807, 2.05) is 4.72 Å². The minimum atomic E-state index is -4.95. The number of benzene rings is 1. The van der Waals surface area contributed by atoms with Gasteiger partial charge in [-0.25, -0.2) is 8.42 Å². The van der Waals surface area contributed by atoms with Crippen molar-refractivity contribution in [2.24, 2.45) is 22.4 Å². The standard InChI is InChI=1S/C18H21F3N6O5S/c1-10-6-7-12(16(29)27(10)13(15(22)28)8-9-32-25-17(23)24)26-33(30,31)14-5-3-2-4-11(14)18(19,20)21/h2-7,13,26H,8-9H2,1H3,(H2,22,28)(H4,23,24,25). The van der Waals surface area contributed by atoms with Gasteiger partial charge in [0.25, 0.3) is 15.6 Å². The first kappa shape index (κ1) is 25.5. The minimum absolute atomic E-state index is 0.167. The molecule has 0 saturated carbocycles. The number of hydrogen-bond donors (Lipinski definition) is 4. The van der Waals surface area contributed by atoms with E-state index in [9.17, 15) is 31.2 Å². The van der Waals surface area contributed by atoms with E-state index in [1.165, 1.54) is 13.0 Å². The molecule has 180 valence electrons. The number of carbonyl (C=O) groups is 1. The topological polar surface area (TPSA) is 185 Å². The van der Waals surface area contributed by atoms with Crippen LogP contribution in [-0.2, 0) is 25.8 Å². The van der Waals surface area contributed by atoms with E-state index >= 15 is 0 Å². The lowest BCUT2D eigenvalue weighted by molar-refractivity contribution is -0.139. The first-order chi connectivity index (χ1) is 15.3. The third-order valence-electron chi connectivity index (χ3n) is 4.34. The van der Waals surface area contributed by atoms with Crippen LogP contribution in [0.4, 0.5) is 18.9 Å². The quantitative estimate of drug-likeness (QED) is 0.171. The molecule has 0 spiro atoms. The van der Waals surface area contributed by atoms with Crippen LogP contribution in [0.1, 0.15) is 23.7 Å². The number of rotatable bonds is 9. The van der Waals surface area contributed by atoms with Gasteiger partial charge in [0.1, 0.15) is 18.3 Å². The van der Waals surface area contributed by atoms with E-state index in [-0.39, 0.29) is 24.7 Å². The summed E-state index contributed by atoms with van der Waals surface area (Å²) in [5.41, 5.74) is 12.8. The summed E-state index contributed by atoms with van der Waals surface area (Å²) in [7, 11) is -4.83. The van der Waals surface area contributed by atoms with Crippen molar-refractivity contribution < 1.29 is 31.2 Å². The Hall–Kier alpha value is -3.75. The zero-order valence-corrected chi connectivity index (χ0v) is 18.0. The molecule has 0 bridgehead atoms. The van der Waals surface area contributed by atoms with E-state index in [0.29, 0.717) is 6.07 Å². The number of nitrogens with two attached hydrogens (primary N) is 3. The number of nitrogens with zero attached hydrogens (tertiary/aromatic N) is 2. The van der Waals surface area contributed by atoms with E-state index in [4.69, 9.17) is 22.0 Å². The Kier molecular flexibility index (Phi) is 7.58. The van der Waals surface area contributed by atoms with Crippen LogP contribution >= 0.6 is 0 Å². The average Bonchev–Trinajstić information content (AvgIpc) is 2.70. The zero-order valence-electron chi connectivity index (χ0n) is 17.2. The van der Waals surface area contributed by atoms with Crippen molar-refractivity contribution in [3.8, 4) is 0 Å². The molecule has 0 aliphatic heterocycles. The fraction of sp³-hybridized carbons (Fsp3) is 0.278. The van der Waals surface area contributed by atoms with Crippen LogP contribution in [0, 0.1) is 6.92 Å². The van der Waals surface area contributed by atoms with Crippen LogP contribution in [0.15, 0.2) is 51.2 Å². The van der Waals surface area contributed by atoms with Crippen LogP contribution in [0.3, 0.4) is 0 Å². The van der Waals surface area contributed by atoms with Crippen LogP contribution < -0.4 is 27.5 Å². The molecule has 2 rings (SSSR count). The monoisotopic (exact) mass is 490 g/mol. The molecular weight excluding hydrogens is 469 g/mol. The van der Waals surface area contributed by atoms with Gasteiger partial charge in [0.2, 0.25) is 11.9 Å². The molecule has 1 aromatic carbocycles. The van der Waals surface area contributed by atoms with E-state index in [0.717, 1.165) is 28.8 Å². The highest BCUT2D eigenvalue weighted by molar-refractivity contribution is 7.92. The van der Waals surface area contributed by atoms with Gasteiger partial charge in [0, 0.05) is 12.1 Å². The molecule has 0 aliphatic rings. The first-order valence-corrected chi connectivity index (χ1v) is 10.7. The Morgan fingerprint density at radius 3 is 2.39 bits per heavy atom. The number of amides is 1. The van der Waals surface area contributed by atoms with Gasteiger partial charge >= 0.3 is 6.18 Å². The van der Waals surface area contributed by atoms with Crippen LogP contribution in [-0.4, -0.2) is 31.5 Å². The molecule has 0 fully saturated rings. The first-order valence-electron chi connectivity index (χ1n) is 9.17. The number of aromatic nitrogens is 1. The highest BCUT2D eigenvalue weighted by Crippen LogP contribution is 2.34. The van der Waals surface area contributed by atoms with Gasteiger partial charge in [-0.1, -0.05) is 12.1 Å². The maximum atomic E-state index is 13.3. The molecule has 15 heteroatoms. The summed E-state index contributed by atoms with van der Waals surface area (Å²) < 4.78 is 67.9. The van der Waals surface area contributed by atoms with Crippen molar-refractivity contribution >= 4 is 27.6 Å². The highest BCUT2D eigenvalue weighted by atomic mass is 32.2. The molecule has 0 saturated heterocycles. The maximum Gasteiger partial charge on any atom is 0.417 e. The normalized spacial score (nSPS) is 12.6. The number of hydrogen-bond acceptors (Lipinski definition) is 6. The van der Waals surface area contributed by atoms with Gasteiger partial charge in [0.05, 0.1) is 10.5 Å². The summed E-state index contributed by atoms with van der Waals surface area (Å²) in [5, 5.41) is 3.27. The second-order valence-electron chi connectivity index (χ2n) is 6.72. The van der Waals surface area contributed by atoms with Crippen molar-refractivity contribution in [3.63, 3.8) is 0 Å². The average molecular weight is 490 g/mol. The molecular formula is C18H21F3N6O5S. The summed E-state index contributed by atoms with van der Waals surface area (Å²) in [6.07, 6.45) is -5.12. The number of sulfonamides is 1. The van der Waals surface area contributed by atoms with Gasteiger partial charge in [0.15, 0.2) is 0 Å². The van der Waals surface area contributed by atoms with Crippen molar-refractivity contribution in [2.75, 3.05) is 11.3 Å². The fourth-order valence-corrected chi connectivity index (χ4v) is 4.21. The molecule has 1 unspecified atom stereocenters. The van der Waals surface area contributed by atoms with Gasteiger partial charge in [-0.3, -0.25) is 18.9 Å². The van der Waals surface area contributed by atoms with Crippen LogP contribution in [0.5, 0.6) is 0 Å². The SMILES string of the molecule is Cc1ccc(NS(=O)(=O)c2ccccc2C(F)(F)F)c(=O)n1C(CCON=C(N)N)C(N)=O. The van der Waals surface area contributed by atoms with Gasteiger partial charge in [-0.15, -0.1) is 0 Å². The fourth-order valence-electron chi connectivity index (χ4n) is 2.93. The number of carbonyl (C=O) groups excluding carboxylic acids is 1. The number of guanidine groups is 1. The van der Waals surface area contributed by atoms with Crippen molar-refractivity contribution in [3.05, 3.63) is 58.0 Å². The molecule has 33 heavy (non-hydrogen) atoms. The Labute approximate surface area is 186 Å². The maximum absolute atomic E-state index is 13.3. The molecule has 11 nitrogen and oxygen atoms in total. The predicted octanol–water partition coefficient (Wildman–Crippen LogP) is 0.598. The van der Waals surface area contributed by atoms with Crippen LogP contribution in [0.25, 0.3) is 0 Å². The minimum Gasteiger partial charge on any atom is -0.393 e. The lowest BCUT2D eigenvalue weighted by Crippen LogP contribution is -2.37. The second kappa shape index (κ2) is 9.81. The number of oxime groups is 1. The zero-order chi connectivity index (χ0) is 25.0. The summed E-state index contributed by atoms with van der Waals surface area (Å²) in [5.74, 6) is -1.33. The number of anilines is 1. The molecule has 7 N–H and O–H groups in total. The number of nitrogens with one attached hydrogen (secondary N) is 1. The second-order valence-corrected chi connectivity index (χ2v) is 8.37. The van der Waals surface area contributed by atoms with Gasteiger partial charge in [-0.2, -0.15) is 13.2 Å². The molecule has 0 radical (unpaired) electrons. The highest BCUT2D eigenvalue weighted by Gasteiger charge is 2.37. The van der Waals surface area contributed by atoms with Gasteiger partial charge in [-0.05, 0) is 36.3 Å². The predicted molar refractivity (Wildman–Crippen MR) is 112 cm³/mol. The summed E-state index contributed by atoms with van der Waals surface area (Å²) in [6.45, 7) is 1.22. The van der Waals surface area contributed by atoms with Crippen molar-refractivity contribution in [1.82, 2.24) is 4.57 Å². The Morgan fingerprint density at radius 2 is 1.82 bits per heavy atom. The third kappa shape index (κ3) is 6.15. The van der Waals surface area contributed by atoms with Crippen LogP contribution in [0.2, 0.25) is 0 Å². The number of alkyl halides is 3. The Balaban J connectivity index is 2.47. The summed E-state index contributed by atoms with van der Waals surface area (Å²) in [6, 6.07) is 4.56. The summed E-state index contributed by atoms with van der Waals surface area (Å²) in [4.78, 5) is 28.6. The summed E-state index contributed by atoms with van der Waals surface area (Å²) >= 11 is 0. The third-order valence-corrected chi connectivity index (χ3v) is 5.76. The molecule has 1 aromatic heterocycles. The lowest BCUT2D eigenvalue weighted by atomic mass is 10.1. The van der Waals surface area contributed by atoms with E-state index in [2.05, 4.69) is 5.16 Å². The molecule has 1 amide bonds. The number of aryl methyl sites for hydroxylation is 1. The number of primary amides is 1. The van der Waals surface area contributed by atoms with Gasteiger partial charge < -0.3 is 22.0 Å². The smallest absolute Gasteiger partial charge is 0.393 e. The number of pyridine rings is 1. The Morgan fingerprint density at radius 1 is 1.18 bits per heavy atom. The number of halogens is 3. The van der Waals surface area contributed by atoms with E-state index < -0.39 is 49.9 Å². The molecule has 1 atom stereocenters. The molecule has 1 heterocycles. The largest absolute Gasteiger partial charge is 0.417 e. The molecule has 0 aliphatic carbocycles. The van der Waals surface area contributed by atoms with Crippen molar-refractivity contribution in [1.29, 1.82) is 0 Å². The molecule has 2 aromatic rings. The van der Waals surface area contributed by atoms with Crippen molar-refractivity contribution in [2.45, 2.75) is 30.5 Å². The van der Waals surface area contributed by atoms with E-state index in [1.54, 1.807) is 0 Å². The lowest BCUT2D eigenvalue weighted by Gasteiger charge is -2.20. The Bertz CT molecular complexity index is 1220.